The first-order chi connectivity index (χ1) is 15.7. The lowest BCUT2D eigenvalue weighted by molar-refractivity contribution is 0.618. The van der Waals surface area contributed by atoms with Crippen molar-refractivity contribution < 1.29 is 4.39 Å². The summed E-state index contributed by atoms with van der Waals surface area (Å²) >= 11 is 0. The number of nitrogens with one attached hydrogen (secondary N) is 2. The molecule has 0 fully saturated rings. The minimum atomic E-state index is -0.511. The zero-order valence-corrected chi connectivity index (χ0v) is 17.5. The van der Waals surface area contributed by atoms with Gasteiger partial charge in [-0.05, 0) is 36.1 Å². The minimum Gasteiger partial charge on any atom is -0.354 e. The summed E-state index contributed by atoms with van der Waals surface area (Å²) in [5, 5.41) is 11.0. The van der Waals surface area contributed by atoms with E-state index in [2.05, 4.69) is 44.5 Å². The standard InChI is InChI=1S/C24H21FN6O/c1-2-15-7-3-4-8-16(15)11-12-26-24-27-13-17-21-18(14-28-30-21)23(32)31(22(17)29-24)20-10-6-5-9-19(20)25/h3-10,13-14H,2,11-12H2,1H3,(H,28,30)(H,26,27,29). The van der Waals surface area contributed by atoms with Crippen LogP contribution in [0, 0.1) is 5.82 Å². The van der Waals surface area contributed by atoms with Crippen LogP contribution >= 0.6 is 0 Å². The molecule has 0 unspecified atom stereocenters. The summed E-state index contributed by atoms with van der Waals surface area (Å²) in [6.07, 6.45) is 4.84. The van der Waals surface area contributed by atoms with E-state index in [4.69, 9.17) is 0 Å². The monoisotopic (exact) mass is 428 g/mol. The molecular weight excluding hydrogens is 407 g/mol. The number of rotatable bonds is 6. The maximum absolute atomic E-state index is 14.6. The molecule has 32 heavy (non-hydrogen) atoms. The highest BCUT2D eigenvalue weighted by Crippen LogP contribution is 2.23. The molecule has 7 nitrogen and oxygen atoms in total. The number of aromatic nitrogens is 5. The van der Waals surface area contributed by atoms with E-state index in [-0.39, 0.29) is 5.69 Å². The smallest absolute Gasteiger partial charge is 0.267 e. The predicted molar refractivity (Wildman–Crippen MR) is 123 cm³/mol. The van der Waals surface area contributed by atoms with Crippen LogP contribution in [-0.4, -0.2) is 31.3 Å². The third kappa shape index (κ3) is 3.39. The molecule has 0 radical (unpaired) electrons. The Balaban J connectivity index is 1.57. The van der Waals surface area contributed by atoms with Crippen LogP contribution in [0.1, 0.15) is 18.1 Å². The van der Waals surface area contributed by atoms with Gasteiger partial charge in [-0.15, -0.1) is 0 Å². The highest BCUT2D eigenvalue weighted by atomic mass is 19.1. The van der Waals surface area contributed by atoms with Crippen LogP contribution in [0.2, 0.25) is 0 Å². The third-order valence-electron chi connectivity index (χ3n) is 5.59. The molecule has 0 saturated carbocycles. The van der Waals surface area contributed by atoms with Gasteiger partial charge in [0.25, 0.3) is 5.56 Å². The molecule has 0 saturated heterocycles. The maximum Gasteiger partial charge on any atom is 0.267 e. The van der Waals surface area contributed by atoms with Crippen molar-refractivity contribution in [3.05, 3.63) is 88.2 Å². The molecule has 0 aliphatic heterocycles. The molecule has 5 rings (SSSR count). The number of para-hydroxylation sites is 1. The number of anilines is 1. The number of pyridine rings is 1. The SMILES string of the molecule is CCc1ccccc1CCNc1ncc2c3[nH]ncc3c(=O)n(-c3ccccc3F)c2n1. The number of aryl methyl sites for hydroxylation is 1. The van der Waals surface area contributed by atoms with E-state index in [9.17, 15) is 9.18 Å². The lowest BCUT2D eigenvalue weighted by atomic mass is 10.0. The number of H-pyrrole nitrogens is 1. The molecule has 8 heteroatoms. The summed E-state index contributed by atoms with van der Waals surface area (Å²) in [5.41, 5.74) is 3.15. The topological polar surface area (TPSA) is 88.5 Å². The van der Waals surface area contributed by atoms with Crippen molar-refractivity contribution in [2.45, 2.75) is 19.8 Å². The summed E-state index contributed by atoms with van der Waals surface area (Å²) in [7, 11) is 0. The van der Waals surface area contributed by atoms with Crippen molar-refractivity contribution in [3.8, 4) is 5.69 Å². The Morgan fingerprint density at radius 1 is 1.03 bits per heavy atom. The summed E-state index contributed by atoms with van der Waals surface area (Å²) in [6.45, 7) is 2.76. The lowest BCUT2D eigenvalue weighted by Crippen LogP contribution is -2.21. The molecule has 0 atom stereocenters. The van der Waals surface area contributed by atoms with E-state index >= 15 is 0 Å². The van der Waals surface area contributed by atoms with E-state index in [0.717, 1.165) is 12.8 Å². The highest BCUT2D eigenvalue weighted by molar-refractivity contribution is 6.02. The largest absolute Gasteiger partial charge is 0.354 e. The number of fused-ring (bicyclic) bond motifs is 3. The first kappa shape index (κ1) is 19.9. The zero-order chi connectivity index (χ0) is 22.1. The summed E-state index contributed by atoms with van der Waals surface area (Å²) in [4.78, 5) is 22.2. The van der Waals surface area contributed by atoms with E-state index in [1.807, 2.05) is 12.1 Å². The van der Waals surface area contributed by atoms with Crippen LogP contribution in [0.15, 0.2) is 65.7 Å². The molecular formula is C24H21FN6O. The lowest BCUT2D eigenvalue weighted by Gasteiger charge is -2.13. The molecule has 0 spiro atoms. The van der Waals surface area contributed by atoms with Crippen molar-refractivity contribution in [1.29, 1.82) is 0 Å². The van der Waals surface area contributed by atoms with Gasteiger partial charge < -0.3 is 5.32 Å². The van der Waals surface area contributed by atoms with Gasteiger partial charge in [0.15, 0.2) is 5.65 Å². The number of benzene rings is 2. The van der Waals surface area contributed by atoms with Crippen LogP contribution < -0.4 is 10.9 Å². The fourth-order valence-corrected chi connectivity index (χ4v) is 3.99. The van der Waals surface area contributed by atoms with Gasteiger partial charge in [0.1, 0.15) is 5.82 Å². The van der Waals surface area contributed by atoms with Crippen molar-refractivity contribution in [3.63, 3.8) is 0 Å². The normalized spacial score (nSPS) is 11.3. The van der Waals surface area contributed by atoms with Crippen LogP contribution in [0.4, 0.5) is 10.3 Å². The van der Waals surface area contributed by atoms with Crippen LogP contribution in [0.25, 0.3) is 27.6 Å². The van der Waals surface area contributed by atoms with Gasteiger partial charge in [-0.25, -0.2) is 9.37 Å². The molecule has 0 aliphatic rings. The van der Waals surface area contributed by atoms with Gasteiger partial charge in [-0.1, -0.05) is 43.3 Å². The number of aromatic amines is 1. The summed E-state index contributed by atoms with van der Waals surface area (Å²) in [5.74, 6) is -0.141. The Morgan fingerprint density at radius 2 is 1.81 bits per heavy atom. The quantitative estimate of drug-likeness (QED) is 0.427. The number of nitrogens with zero attached hydrogens (tertiary/aromatic N) is 4. The van der Waals surface area contributed by atoms with Crippen LogP contribution in [0.5, 0.6) is 0 Å². The van der Waals surface area contributed by atoms with Gasteiger partial charge in [-0.2, -0.15) is 10.1 Å². The molecule has 0 amide bonds. The fraction of sp³-hybridized carbons (Fsp3) is 0.167. The number of hydrogen-bond donors (Lipinski definition) is 2. The molecule has 160 valence electrons. The summed E-state index contributed by atoms with van der Waals surface area (Å²) < 4.78 is 15.9. The molecule has 5 aromatic rings. The zero-order valence-electron chi connectivity index (χ0n) is 17.5. The van der Waals surface area contributed by atoms with Gasteiger partial charge in [0.2, 0.25) is 5.95 Å². The first-order valence-electron chi connectivity index (χ1n) is 10.5. The second kappa shape index (κ2) is 8.22. The van der Waals surface area contributed by atoms with Crippen LogP contribution in [0.3, 0.4) is 0 Å². The summed E-state index contributed by atoms with van der Waals surface area (Å²) in [6, 6.07) is 14.5. The van der Waals surface area contributed by atoms with E-state index in [0.29, 0.717) is 34.4 Å². The average Bonchev–Trinajstić information content (AvgIpc) is 3.31. The molecule has 3 heterocycles. The Bertz CT molecular complexity index is 1490. The minimum absolute atomic E-state index is 0.132. The van der Waals surface area contributed by atoms with Gasteiger partial charge in [0.05, 0.1) is 28.2 Å². The first-order valence-corrected chi connectivity index (χ1v) is 10.5. The maximum atomic E-state index is 14.6. The van der Waals surface area contributed by atoms with Crippen molar-refractivity contribution >= 4 is 27.9 Å². The Kier molecular flexibility index (Phi) is 5.10. The number of halogens is 1. The van der Waals surface area contributed by atoms with Gasteiger partial charge >= 0.3 is 0 Å². The van der Waals surface area contributed by atoms with Crippen molar-refractivity contribution in [1.82, 2.24) is 24.7 Å². The van der Waals surface area contributed by atoms with Crippen LogP contribution in [-0.2, 0) is 12.8 Å². The van der Waals surface area contributed by atoms with E-state index in [1.165, 1.54) is 28.0 Å². The van der Waals surface area contributed by atoms with Gasteiger partial charge in [0, 0.05) is 12.7 Å². The molecule has 0 aliphatic carbocycles. The second-order valence-corrected chi connectivity index (χ2v) is 7.48. The fourth-order valence-electron chi connectivity index (χ4n) is 3.99. The Morgan fingerprint density at radius 3 is 2.62 bits per heavy atom. The van der Waals surface area contributed by atoms with Gasteiger partial charge in [-0.3, -0.25) is 14.5 Å². The Labute approximate surface area is 183 Å². The molecule has 2 aromatic carbocycles. The molecule has 3 aromatic heterocycles. The predicted octanol–water partition coefficient (Wildman–Crippen LogP) is 4.01. The number of hydrogen-bond acceptors (Lipinski definition) is 5. The van der Waals surface area contributed by atoms with Crippen molar-refractivity contribution in [2.24, 2.45) is 0 Å². The van der Waals surface area contributed by atoms with E-state index in [1.54, 1.807) is 24.4 Å². The Hall–Kier alpha value is -4.07. The third-order valence-corrected chi connectivity index (χ3v) is 5.59. The average molecular weight is 428 g/mol. The van der Waals surface area contributed by atoms with E-state index < -0.39 is 11.4 Å². The second-order valence-electron chi connectivity index (χ2n) is 7.48. The van der Waals surface area contributed by atoms with Crippen molar-refractivity contribution in [2.75, 3.05) is 11.9 Å². The molecule has 0 bridgehead atoms. The molecule has 2 N–H and O–H groups in total. The highest BCUT2D eigenvalue weighted by Gasteiger charge is 2.18.